The van der Waals surface area contributed by atoms with Gasteiger partial charge in [0.2, 0.25) is 11.7 Å². The van der Waals surface area contributed by atoms with Crippen LogP contribution in [0.3, 0.4) is 0 Å². The first-order valence-corrected chi connectivity index (χ1v) is 13.2. The number of nitrogens with two attached hydrogens (primary N) is 1. The van der Waals surface area contributed by atoms with Gasteiger partial charge in [0, 0.05) is 22.5 Å². The van der Waals surface area contributed by atoms with E-state index in [9.17, 15) is 14.7 Å². The van der Waals surface area contributed by atoms with Crippen LogP contribution in [0, 0.1) is 13.8 Å². The number of aliphatic hydroxyl groups is 1. The maximum Gasteiger partial charge on any atom is 0.280 e. The van der Waals surface area contributed by atoms with E-state index >= 15 is 0 Å². The molecule has 2 aliphatic heterocycles. The number of hydrogen-bond donors (Lipinski definition) is 4. The molecule has 5 N–H and O–H groups in total. The second kappa shape index (κ2) is 8.07. The minimum atomic E-state index is -1.78. The summed E-state index contributed by atoms with van der Waals surface area (Å²) in [6, 6.07) is 2.08. The number of aromatic nitrogens is 6. The normalized spacial score (nSPS) is 27.1. The Balaban J connectivity index is 1.33. The van der Waals surface area contributed by atoms with Crippen molar-refractivity contribution in [2.75, 3.05) is 12.3 Å². The lowest BCUT2D eigenvalue weighted by atomic mass is 9.89. The number of fused-ring (bicyclic) bond motifs is 7. The highest BCUT2D eigenvalue weighted by Crippen LogP contribution is 2.53. The van der Waals surface area contributed by atoms with Crippen molar-refractivity contribution in [1.29, 1.82) is 0 Å². The Morgan fingerprint density at radius 2 is 1.95 bits per heavy atom. The number of H-pyrrole nitrogens is 2. The summed E-state index contributed by atoms with van der Waals surface area (Å²) in [6.07, 6.45) is 5.27. The molecule has 2 saturated heterocycles. The fourth-order valence-electron chi connectivity index (χ4n) is 6.65. The predicted molar refractivity (Wildman–Crippen MR) is 145 cm³/mol. The van der Waals surface area contributed by atoms with Crippen molar-refractivity contribution in [3.63, 3.8) is 0 Å². The predicted octanol–water partition coefficient (Wildman–Crippen LogP) is 0.900. The molecule has 2 fully saturated rings. The third kappa shape index (κ3) is 3.05. The Morgan fingerprint density at radius 1 is 1.15 bits per heavy atom. The molecule has 1 aromatic carbocycles. The maximum atomic E-state index is 13.8. The molecule has 0 radical (unpaired) electrons. The van der Waals surface area contributed by atoms with E-state index < -0.39 is 35.9 Å². The Morgan fingerprint density at radius 3 is 2.76 bits per heavy atom. The molecule has 8 rings (SSSR count). The van der Waals surface area contributed by atoms with Gasteiger partial charge in [0.25, 0.3) is 11.3 Å². The van der Waals surface area contributed by atoms with E-state index in [1.54, 1.807) is 6.08 Å². The number of rotatable bonds is 2. The summed E-state index contributed by atoms with van der Waals surface area (Å²) in [7, 11) is 1.97. The standard InChI is InChI=1S/C28H25N7O6/c1-11-14-8-34(3)7-6-13(14)12(2)20-18(11)19-15(31-20)4-5-17(37)28(19)40-22-16(9-36)39-26(23(22)41-28)35-10-30-21-24(35)32-27(29)33-25(21)38/h4-8,10,16,22-23,26,36H,9H2,1-3H3,(H3,29,32,33,38)/p+1/t16-,22-,23-,26-,28-/m1/s1. The number of carbonyl (C=O) groups is 1. The van der Waals surface area contributed by atoms with Crippen LogP contribution in [0.25, 0.3) is 38.9 Å². The van der Waals surface area contributed by atoms with E-state index in [0.717, 1.165) is 32.8 Å². The number of benzene rings is 1. The molecule has 208 valence electrons. The first kappa shape index (κ1) is 24.4. The molecule has 0 saturated carbocycles. The zero-order chi connectivity index (χ0) is 28.4. The number of nitrogen functional groups attached to an aromatic ring is 1. The van der Waals surface area contributed by atoms with Gasteiger partial charge in [0.05, 0.1) is 24.0 Å². The summed E-state index contributed by atoms with van der Waals surface area (Å²) in [5, 5.41) is 13.2. The number of anilines is 1. The molecule has 41 heavy (non-hydrogen) atoms. The number of aryl methyl sites for hydroxylation is 3. The van der Waals surface area contributed by atoms with Gasteiger partial charge >= 0.3 is 0 Å². The molecular weight excluding hydrogens is 530 g/mol. The lowest BCUT2D eigenvalue weighted by Gasteiger charge is -2.31. The molecule has 5 aromatic rings. The monoisotopic (exact) mass is 556 g/mol. The highest BCUT2D eigenvalue weighted by Gasteiger charge is 2.64. The molecule has 0 amide bonds. The molecule has 0 unspecified atom stereocenters. The Hall–Kier alpha value is -4.43. The second-order valence-corrected chi connectivity index (χ2v) is 10.9. The van der Waals surface area contributed by atoms with Crippen LogP contribution < -0.4 is 15.9 Å². The number of imidazole rings is 1. The Bertz CT molecular complexity index is 2060. The molecule has 3 aliphatic rings. The minimum Gasteiger partial charge on any atom is -0.394 e. The van der Waals surface area contributed by atoms with E-state index in [2.05, 4.69) is 32.2 Å². The molecule has 0 bridgehead atoms. The summed E-state index contributed by atoms with van der Waals surface area (Å²) >= 11 is 0. The van der Waals surface area contributed by atoms with Gasteiger partial charge in [-0.1, -0.05) is 0 Å². The summed E-state index contributed by atoms with van der Waals surface area (Å²) in [5.41, 5.74) is 9.78. The first-order chi connectivity index (χ1) is 19.7. The average Bonchev–Trinajstić information content (AvgIpc) is 3.70. The van der Waals surface area contributed by atoms with Crippen LogP contribution in [-0.4, -0.2) is 60.3 Å². The number of aromatic amines is 2. The zero-order valence-electron chi connectivity index (χ0n) is 22.3. The maximum absolute atomic E-state index is 13.8. The van der Waals surface area contributed by atoms with Crippen molar-refractivity contribution in [3.05, 3.63) is 63.6 Å². The van der Waals surface area contributed by atoms with E-state index in [1.807, 2.05) is 31.7 Å². The Labute approximate surface area is 231 Å². The highest BCUT2D eigenvalue weighted by molar-refractivity contribution is 6.12. The van der Waals surface area contributed by atoms with Crippen molar-refractivity contribution in [1.82, 2.24) is 24.5 Å². The number of hydrogen-bond acceptors (Lipinski definition) is 9. The van der Waals surface area contributed by atoms with E-state index in [4.69, 9.17) is 19.9 Å². The molecule has 1 spiro atoms. The molecular formula is C28H26N7O6+. The zero-order valence-corrected chi connectivity index (χ0v) is 22.3. The number of carbonyl (C=O) groups excluding carboxylic acids is 1. The molecule has 4 aromatic heterocycles. The fourth-order valence-corrected chi connectivity index (χ4v) is 6.65. The molecule has 1 aliphatic carbocycles. The average molecular weight is 557 g/mol. The quantitative estimate of drug-likeness (QED) is 0.230. The number of aliphatic hydroxyl groups excluding tert-OH is 1. The van der Waals surface area contributed by atoms with Crippen molar-refractivity contribution in [2.45, 2.75) is 44.2 Å². The van der Waals surface area contributed by atoms with Crippen LogP contribution in [0.2, 0.25) is 0 Å². The molecule has 13 heteroatoms. The van der Waals surface area contributed by atoms with E-state index in [-0.39, 0.29) is 29.5 Å². The van der Waals surface area contributed by atoms with Gasteiger partial charge in [0.1, 0.15) is 25.4 Å². The van der Waals surface area contributed by atoms with Crippen molar-refractivity contribution in [3.8, 4) is 0 Å². The van der Waals surface area contributed by atoms with Gasteiger partial charge in [-0.2, -0.15) is 4.98 Å². The number of ether oxygens (including phenoxy) is 3. The van der Waals surface area contributed by atoms with Crippen LogP contribution >= 0.6 is 0 Å². The first-order valence-electron chi connectivity index (χ1n) is 13.2. The molecule has 6 heterocycles. The lowest BCUT2D eigenvalue weighted by molar-refractivity contribution is -0.670. The Kier molecular flexibility index (Phi) is 4.80. The summed E-state index contributed by atoms with van der Waals surface area (Å²) in [6.45, 7) is 3.69. The number of pyridine rings is 1. The highest BCUT2D eigenvalue weighted by atomic mass is 16.8. The van der Waals surface area contributed by atoms with Crippen LogP contribution in [0.5, 0.6) is 0 Å². The van der Waals surface area contributed by atoms with Crippen LogP contribution in [-0.2, 0) is 31.8 Å². The topological polar surface area (TPSA) is 174 Å². The van der Waals surface area contributed by atoms with Crippen LogP contribution in [0.4, 0.5) is 5.95 Å². The number of ketones is 1. The van der Waals surface area contributed by atoms with Gasteiger partial charge in [0.15, 0.2) is 29.8 Å². The van der Waals surface area contributed by atoms with Crippen LogP contribution in [0.1, 0.15) is 28.6 Å². The summed E-state index contributed by atoms with van der Waals surface area (Å²) < 4.78 is 22.9. The largest absolute Gasteiger partial charge is 0.394 e. The summed E-state index contributed by atoms with van der Waals surface area (Å²) in [4.78, 5) is 40.6. The smallest absolute Gasteiger partial charge is 0.280 e. The van der Waals surface area contributed by atoms with E-state index in [0.29, 0.717) is 11.3 Å². The number of nitrogens with one attached hydrogen (secondary N) is 2. The van der Waals surface area contributed by atoms with Gasteiger partial charge in [-0.3, -0.25) is 19.1 Å². The SMILES string of the molecule is Cc1c2cc[n+](C)cc2c(C)c2c3c([nH]c12)C=CC(=O)[C@@]31O[C@@H]2[C@H](O1)[C@@H](CO)O[C@H]2n1cnc2c(=O)[nH]c(N)nc21. The van der Waals surface area contributed by atoms with Gasteiger partial charge in [-0.05, 0) is 42.5 Å². The van der Waals surface area contributed by atoms with Crippen molar-refractivity contribution in [2.24, 2.45) is 7.05 Å². The summed E-state index contributed by atoms with van der Waals surface area (Å²) in [5.74, 6) is -2.24. The molecule has 5 atom stereocenters. The lowest BCUT2D eigenvalue weighted by Crippen LogP contribution is -2.41. The van der Waals surface area contributed by atoms with Gasteiger partial charge in [-0.15, -0.1) is 0 Å². The third-order valence-electron chi connectivity index (χ3n) is 8.54. The second-order valence-electron chi connectivity index (χ2n) is 10.9. The van der Waals surface area contributed by atoms with Crippen LogP contribution in [0.15, 0.2) is 35.7 Å². The number of nitrogens with zero attached hydrogens (tertiary/aromatic N) is 4. The fraction of sp³-hybridized carbons (Fsp3) is 0.321. The van der Waals surface area contributed by atoms with Gasteiger partial charge in [-0.25, -0.2) is 9.55 Å². The molecule has 13 nitrogen and oxygen atoms in total. The van der Waals surface area contributed by atoms with Crippen molar-refractivity contribution < 1.29 is 28.7 Å². The van der Waals surface area contributed by atoms with Crippen molar-refractivity contribution >= 4 is 50.6 Å². The van der Waals surface area contributed by atoms with Gasteiger partial charge < -0.3 is 30.0 Å². The minimum absolute atomic E-state index is 0.0714. The van der Waals surface area contributed by atoms with E-state index in [1.165, 1.54) is 17.0 Å². The third-order valence-corrected chi connectivity index (χ3v) is 8.54.